The van der Waals surface area contributed by atoms with Gasteiger partial charge in [-0.25, -0.2) is 4.98 Å². The normalized spacial score (nSPS) is 10.2. The molecule has 2 rings (SSSR count). The second-order valence-electron chi connectivity index (χ2n) is 2.69. The number of aromatic nitrogens is 1. The molecule has 0 amide bonds. The molecule has 2 N–H and O–H groups in total. The van der Waals surface area contributed by atoms with Gasteiger partial charge in [0.25, 0.3) is 0 Å². The van der Waals surface area contributed by atoms with E-state index in [1.165, 1.54) is 11.3 Å². The molecule has 1 radical (unpaired) electrons. The van der Waals surface area contributed by atoms with Crippen molar-refractivity contribution in [2.45, 2.75) is 6.54 Å². The highest BCUT2D eigenvalue weighted by Gasteiger charge is 2.03. The largest absolute Gasteiger partial charge is 0.326 e. The van der Waals surface area contributed by atoms with Crippen LogP contribution in [0, 0.1) is 5.51 Å². The average molecular weight is 189 g/mol. The van der Waals surface area contributed by atoms with E-state index in [0.29, 0.717) is 6.54 Å². The van der Waals surface area contributed by atoms with Gasteiger partial charge < -0.3 is 5.73 Å². The van der Waals surface area contributed by atoms with Crippen LogP contribution in [0.4, 0.5) is 0 Å². The van der Waals surface area contributed by atoms with Gasteiger partial charge in [-0.05, 0) is 5.56 Å². The van der Waals surface area contributed by atoms with Crippen molar-refractivity contribution in [2.24, 2.45) is 5.73 Å². The smallest absolute Gasteiger partial charge is 0.152 e. The fourth-order valence-electron chi connectivity index (χ4n) is 1.26. The quantitative estimate of drug-likeness (QED) is 0.785. The summed E-state index contributed by atoms with van der Waals surface area (Å²) >= 11 is 1.48. The van der Waals surface area contributed by atoms with Crippen molar-refractivity contribution in [1.82, 2.24) is 4.98 Å². The van der Waals surface area contributed by atoms with Crippen LogP contribution < -0.4 is 5.73 Å². The highest BCUT2D eigenvalue weighted by molar-refractivity contribution is 7.07. The molecule has 0 atom stereocenters. The van der Waals surface area contributed by atoms with Gasteiger partial charge in [-0.3, -0.25) is 0 Å². The molecule has 0 saturated heterocycles. The predicted octanol–water partition coefficient (Wildman–Crippen LogP) is 2.07. The summed E-state index contributed by atoms with van der Waals surface area (Å²) in [4.78, 5) is 4.13. The lowest BCUT2D eigenvalue weighted by Crippen LogP contribution is -1.98. The fraction of sp³-hybridized carbons (Fsp3) is 0.100. The molecule has 0 saturated carbocycles. The molecule has 65 valence electrons. The lowest BCUT2D eigenvalue weighted by atomic mass is 10.1. The molecule has 2 aromatic rings. The summed E-state index contributed by atoms with van der Waals surface area (Å²) in [5.41, 5.74) is 11.7. The molecule has 0 spiro atoms. The van der Waals surface area contributed by atoms with Crippen LogP contribution in [0.2, 0.25) is 0 Å². The van der Waals surface area contributed by atoms with E-state index >= 15 is 0 Å². The van der Waals surface area contributed by atoms with Crippen LogP contribution in [0.3, 0.4) is 0 Å². The van der Waals surface area contributed by atoms with E-state index in [1.807, 2.05) is 29.6 Å². The van der Waals surface area contributed by atoms with Gasteiger partial charge in [0, 0.05) is 17.5 Å². The van der Waals surface area contributed by atoms with E-state index in [4.69, 9.17) is 5.73 Å². The Morgan fingerprint density at radius 2 is 2.23 bits per heavy atom. The SMILES string of the molecule is NCc1ccccc1-c1cs[c]n1. The molecule has 1 aromatic heterocycles. The van der Waals surface area contributed by atoms with Gasteiger partial charge in [-0.15, -0.1) is 11.3 Å². The van der Waals surface area contributed by atoms with Crippen LogP contribution in [0.15, 0.2) is 29.6 Å². The molecule has 3 heteroatoms. The zero-order valence-corrected chi connectivity index (χ0v) is 7.84. The molecule has 0 aliphatic heterocycles. The van der Waals surface area contributed by atoms with Crippen LogP contribution >= 0.6 is 11.3 Å². The second kappa shape index (κ2) is 3.68. The van der Waals surface area contributed by atoms with Crippen molar-refractivity contribution < 1.29 is 0 Å². The van der Waals surface area contributed by atoms with Crippen LogP contribution in [0.5, 0.6) is 0 Å². The number of hydrogen-bond donors (Lipinski definition) is 1. The molecule has 2 nitrogen and oxygen atoms in total. The number of benzene rings is 1. The first kappa shape index (κ1) is 8.41. The van der Waals surface area contributed by atoms with E-state index in [2.05, 4.69) is 10.5 Å². The second-order valence-corrected chi connectivity index (χ2v) is 3.34. The van der Waals surface area contributed by atoms with Gasteiger partial charge in [0.1, 0.15) is 0 Å². The summed E-state index contributed by atoms with van der Waals surface area (Å²) in [7, 11) is 0. The summed E-state index contributed by atoms with van der Waals surface area (Å²) in [5.74, 6) is 0. The van der Waals surface area contributed by atoms with E-state index in [9.17, 15) is 0 Å². The van der Waals surface area contributed by atoms with E-state index < -0.39 is 0 Å². The van der Waals surface area contributed by atoms with E-state index in [0.717, 1.165) is 16.8 Å². The minimum atomic E-state index is 0.549. The number of thiazole rings is 1. The first-order valence-electron chi connectivity index (χ1n) is 4.01. The standard InChI is InChI=1S/C10H9N2S/c11-5-8-3-1-2-4-9(8)10-6-13-7-12-10/h1-4,6H,5,11H2. The van der Waals surface area contributed by atoms with Crippen molar-refractivity contribution >= 4 is 11.3 Å². The third-order valence-electron chi connectivity index (χ3n) is 1.90. The predicted molar refractivity (Wildman–Crippen MR) is 54.3 cm³/mol. The van der Waals surface area contributed by atoms with Crippen molar-refractivity contribution in [1.29, 1.82) is 0 Å². The van der Waals surface area contributed by atoms with Gasteiger partial charge in [0.05, 0.1) is 5.69 Å². The monoisotopic (exact) mass is 189 g/mol. The molecule has 13 heavy (non-hydrogen) atoms. The summed E-state index contributed by atoms with van der Waals surface area (Å²) in [6.45, 7) is 0.549. The maximum Gasteiger partial charge on any atom is 0.152 e. The number of hydrogen-bond acceptors (Lipinski definition) is 3. The third kappa shape index (κ3) is 1.61. The minimum Gasteiger partial charge on any atom is -0.326 e. The Balaban J connectivity index is 2.51. The van der Waals surface area contributed by atoms with Crippen LogP contribution in [0.1, 0.15) is 5.56 Å². The molecule has 0 unspecified atom stereocenters. The summed E-state index contributed by atoms with van der Waals surface area (Å²) < 4.78 is 0. The van der Waals surface area contributed by atoms with Crippen molar-refractivity contribution in [3.63, 3.8) is 0 Å². The van der Waals surface area contributed by atoms with Crippen molar-refractivity contribution in [3.8, 4) is 11.3 Å². The third-order valence-corrected chi connectivity index (χ3v) is 2.44. The average Bonchev–Trinajstić information content (AvgIpc) is 2.70. The number of nitrogens with zero attached hydrogens (tertiary/aromatic N) is 1. The van der Waals surface area contributed by atoms with Crippen molar-refractivity contribution in [3.05, 3.63) is 40.7 Å². The molecule has 0 fully saturated rings. The fourth-order valence-corrected chi connectivity index (χ4v) is 1.75. The highest BCUT2D eigenvalue weighted by Crippen LogP contribution is 2.22. The molecule has 0 aliphatic carbocycles. The maximum atomic E-state index is 5.62. The van der Waals surface area contributed by atoms with Crippen LogP contribution in [0.25, 0.3) is 11.3 Å². The topological polar surface area (TPSA) is 38.9 Å². The summed E-state index contributed by atoms with van der Waals surface area (Å²) in [6.07, 6.45) is 0. The number of rotatable bonds is 2. The molecule has 0 aliphatic rings. The summed E-state index contributed by atoms with van der Waals surface area (Å²) in [5, 5.41) is 1.98. The van der Waals surface area contributed by atoms with Gasteiger partial charge in [0.15, 0.2) is 5.51 Å². The molecule has 1 aromatic carbocycles. The first-order valence-corrected chi connectivity index (χ1v) is 4.89. The van der Waals surface area contributed by atoms with Crippen LogP contribution in [-0.4, -0.2) is 4.98 Å². The highest BCUT2D eigenvalue weighted by atomic mass is 32.1. The van der Waals surface area contributed by atoms with Crippen LogP contribution in [-0.2, 0) is 6.54 Å². The Bertz CT molecular complexity index is 382. The lowest BCUT2D eigenvalue weighted by molar-refractivity contribution is 1.07. The molecular weight excluding hydrogens is 180 g/mol. The lowest BCUT2D eigenvalue weighted by Gasteiger charge is -2.03. The van der Waals surface area contributed by atoms with Gasteiger partial charge in [-0.2, -0.15) is 0 Å². The van der Waals surface area contributed by atoms with Gasteiger partial charge >= 0.3 is 0 Å². The number of nitrogens with two attached hydrogens (primary N) is 1. The Labute approximate surface area is 81.1 Å². The zero-order valence-electron chi connectivity index (χ0n) is 7.03. The molecule has 0 bridgehead atoms. The first-order chi connectivity index (χ1) is 6.42. The van der Waals surface area contributed by atoms with Gasteiger partial charge in [-0.1, -0.05) is 24.3 Å². The van der Waals surface area contributed by atoms with Crippen molar-refractivity contribution in [2.75, 3.05) is 0 Å². The Kier molecular flexibility index (Phi) is 2.38. The zero-order chi connectivity index (χ0) is 9.10. The molecular formula is C10H9N2S. The van der Waals surface area contributed by atoms with E-state index in [-0.39, 0.29) is 0 Å². The Hall–Kier alpha value is -1.19. The Morgan fingerprint density at radius 3 is 2.92 bits per heavy atom. The summed E-state index contributed by atoms with van der Waals surface area (Å²) in [6, 6.07) is 8.04. The molecule has 1 heterocycles. The van der Waals surface area contributed by atoms with E-state index in [1.54, 1.807) is 0 Å². The minimum absolute atomic E-state index is 0.549. The van der Waals surface area contributed by atoms with Gasteiger partial charge in [0.2, 0.25) is 0 Å². The maximum absolute atomic E-state index is 5.62. The Morgan fingerprint density at radius 1 is 1.38 bits per heavy atom.